The number of aromatic nitrogens is 2. The molecular formula is C24H20N4O. The molecule has 0 atom stereocenters. The average Bonchev–Trinajstić information content (AvgIpc) is 2.73. The van der Waals surface area contributed by atoms with Gasteiger partial charge in [-0.3, -0.25) is 0 Å². The molecule has 142 valence electrons. The number of nitrogens with zero attached hydrogens (tertiary/aromatic N) is 4. The van der Waals surface area contributed by atoms with Crippen LogP contribution in [-0.2, 0) is 0 Å². The SMILES string of the molecule is Cc1ccc2/c(=N\c3ccccn3)cc3oc4cc(N(C)C)ccc4nc-3c2c1. The highest BCUT2D eigenvalue weighted by molar-refractivity contribution is 5.97. The van der Waals surface area contributed by atoms with Crippen LogP contribution in [0.25, 0.3) is 33.3 Å². The second-order valence-electron chi connectivity index (χ2n) is 7.35. The lowest BCUT2D eigenvalue weighted by Crippen LogP contribution is -2.09. The Balaban J connectivity index is 1.88. The Labute approximate surface area is 168 Å². The predicted octanol–water partition coefficient (Wildman–Crippen LogP) is 5.09. The summed E-state index contributed by atoms with van der Waals surface area (Å²) in [6.07, 6.45) is 1.74. The Morgan fingerprint density at radius 1 is 0.931 bits per heavy atom. The molecule has 0 unspecified atom stereocenters. The average molecular weight is 380 g/mol. The third-order valence-electron chi connectivity index (χ3n) is 5.00. The van der Waals surface area contributed by atoms with Gasteiger partial charge >= 0.3 is 0 Å². The standard InChI is InChI=1S/C24H20N4O/c1-15-7-9-17-18(12-15)24-22(14-20(17)26-23-6-4-5-11-25-23)29-21-13-16(28(2)3)8-10-19(21)27-24/h4-14H,1-3H3/b26-20-. The molecule has 0 fully saturated rings. The van der Waals surface area contributed by atoms with Crippen LogP contribution >= 0.6 is 0 Å². The van der Waals surface area contributed by atoms with Crippen molar-refractivity contribution in [3.8, 4) is 11.5 Å². The summed E-state index contributed by atoms with van der Waals surface area (Å²) in [4.78, 5) is 16.1. The van der Waals surface area contributed by atoms with Gasteiger partial charge in [-0.1, -0.05) is 23.8 Å². The van der Waals surface area contributed by atoms with Crippen LogP contribution < -0.4 is 10.3 Å². The van der Waals surface area contributed by atoms with Crippen molar-refractivity contribution >= 4 is 33.4 Å². The van der Waals surface area contributed by atoms with Crippen molar-refractivity contribution in [2.24, 2.45) is 4.99 Å². The highest BCUT2D eigenvalue weighted by Crippen LogP contribution is 2.32. The summed E-state index contributed by atoms with van der Waals surface area (Å²) in [6, 6.07) is 20.0. The lowest BCUT2D eigenvalue weighted by atomic mass is 10.0. The first-order valence-corrected chi connectivity index (χ1v) is 9.49. The molecule has 1 aliphatic carbocycles. The molecule has 0 saturated heterocycles. The fourth-order valence-corrected chi connectivity index (χ4v) is 3.50. The van der Waals surface area contributed by atoms with Gasteiger partial charge in [0, 0.05) is 48.9 Å². The number of rotatable bonds is 2. The van der Waals surface area contributed by atoms with Crippen molar-refractivity contribution < 1.29 is 4.42 Å². The Kier molecular flexibility index (Phi) is 4.02. The quantitative estimate of drug-likeness (QED) is 0.316. The summed E-state index contributed by atoms with van der Waals surface area (Å²) >= 11 is 0. The molecular weight excluding hydrogens is 360 g/mol. The minimum absolute atomic E-state index is 0.664. The van der Waals surface area contributed by atoms with Gasteiger partial charge in [-0.2, -0.15) is 0 Å². The summed E-state index contributed by atoms with van der Waals surface area (Å²) in [5.74, 6) is 1.37. The van der Waals surface area contributed by atoms with Gasteiger partial charge in [0.1, 0.15) is 11.2 Å². The molecule has 2 aliphatic rings. The second kappa shape index (κ2) is 6.71. The van der Waals surface area contributed by atoms with Crippen molar-refractivity contribution in [1.82, 2.24) is 9.97 Å². The van der Waals surface area contributed by atoms with E-state index in [1.165, 1.54) is 5.56 Å². The predicted molar refractivity (Wildman–Crippen MR) is 117 cm³/mol. The lowest BCUT2D eigenvalue weighted by Gasteiger charge is -2.14. The van der Waals surface area contributed by atoms with E-state index in [9.17, 15) is 0 Å². The van der Waals surface area contributed by atoms with Crippen molar-refractivity contribution in [2.45, 2.75) is 6.92 Å². The van der Waals surface area contributed by atoms with E-state index in [4.69, 9.17) is 14.4 Å². The van der Waals surface area contributed by atoms with Crippen molar-refractivity contribution in [1.29, 1.82) is 0 Å². The first kappa shape index (κ1) is 17.4. The zero-order chi connectivity index (χ0) is 20.0. The third kappa shape index (κ3) is 3.10. The number of hydrogen-bond acceptors (Lipinski definition) is 5. The van der Waals surface area contributed by atoms with Crippen molar-refractivity contribution in [3.05, 3.63) is 77.8 Å². The number of aryl methyl sites for hydroxylation is 1. The van der Waals surface area contributed by atoms with Gasteiger partial charge in [0.15, 0.2) is 17.2 Å². The number of anilines is 1. The maximum absolute atomic E-state index is 6.29. The van der Waals surface area contributed by atoms with Crippen LogP contribution in [0, 0.1) is 6.92 Å². The molecule has 2 heterocycles. The third-order valence-corrected chi connectivity index (χ3v) is 5.00. The molecule has 3 aromatic rings. The Hall–Kier alpha value is -3.73. The van der Waals surface area contributed by atoms with Crippen LogP contribution in [0.15, 0.2) is 76.3 Å². The van der Waals surface area contributed by atoms with E-state index in [0.29, 0.717) is 11.6 Å². The normalized spacial score (nSPS) is 12.2. The number of benzene rings is 3. The number of fused-ring (bicyclic) bond motifs is 4. The number of pyridine rings is 1. The fraction of sp³-hybridized carbons (Fsp3) is 0.125. The van der Waals surface area contributed by atoms with E-state index in [-0.39, 0.29) is 0 Å². The van der Waals surface area contributed by atoms with Crippen LogP contribution in [0.2, 0.25) is 0 Å². The zero-order valence-corrected chi connectivity index (χ0v) is 16.5. The molecule has 0 amide bonds. The van der Waals surface area contributed by atoms with Crippen LogP contribution in [-0.4, -0.2) is 24.1 Å². The summed E-state index contributed by atoms with van der Waals surface area (Å²) < 4.78 is 6.29. The van der Waals surface area contributed by atoms with Crippen LogP contribution in [0.1, 0.15) is 5.56 Å². The fourth-order valence-electron chi connectivity index (χ4n) is 3.50. The molecule has 5 rings (SSSR count). The summed E-state index contributed by atoms with van der Waals surface area (Å²) in [5.41, 5.74) is 4.66. The monoisotopic (exact) mass is 380 g/mol. The van der Waals surface area contributed by atoms with E-state index in [0.717, 1.165) is 38.6 Å². The molecule has 5 heteroatoms. The van der Waals surface area contributed by atoms with E-state index in [1.54, 1.807) is 6.20 Å². The van der Waals surface area contributed by atoms with Crippen molar-refractivity contribution in [2.75, 3.05) is 19.0 Å². The molecule has 0 bridgehead atoms. The maximum atomic E-state index is 6.29. The highest BCUT2D eigenvalue weighted by atomic mass is 16.3. The largest absolute Gasteiger partial charge is 0.453 e. The second-order valence-corrected chi connectivity index (χ2v) is 7.35. The molecule has 1 aromatic heterocycles. The first-order chi connectivity index (χ1) is 14.1. The molecule has 0 spiro atoms. The van der Waals surface area contributed by atoms with Gasteiger partial charge in [0.05, 0.1) is 5.36 Å². The van der Waals surface area contributed by atoms with Crippen LogP contribution in [0.4, 0.5) is 11.5 Å². The number of hydrogen-bond donors (Lipinski definition) is 0. The topological polar surface area (TPSA) is 54.5 Å². The molecule has 2 aromatic carbocycles. The van der Waals surface area contributed by atoms with E-state index >= 15 is 0 Å². The van der Waals surface area contributed by atoms with Gasteiger partial charge in [-0.05, 0) is 37.3 Å². The molecule has 0 N–H and O–H groups in total. The van der Waals surface area contributed by atoms with Gasteiger partial charge < -0.3 is 9.32 Å². The Morgan fingerprint density at radius 2 is 1.83 bits per heavy atom. The summed E-state index contributed by atoms with van der Waals surface area (Å²) in [6.45, 7) is 2.08. The lowest BCUT2D eigenvalue weighted by molar-refractivity contribution is 0.613. The molecule has 29 heavy (non-hydrogen) atoms. The van der Waals surface area contributed by atoms with Crippen LogP contribution in [0.3, 0.4) is 0 Å². The Bertz CT molecular complexity index is 1390. The highest BCUT2D eigenvalue weighted by Gasteiger charge is 2.15. The maximum Gasteiger partial charge on any atom is 0.155 e. The van der Waals surface area contributed by atoms with Crippen LogP contribution in [0.5, 0.6) is 0 Å². The smallest absolute Gasteiger partial charge is 0.155 e. The molecule has 5 nitrogen and oxygen atoms in total. The van der Waals surface area contributed by atoms with E-state index < -0.39 is 0 Å². The zero-order valence-electron chi connectivity index (χ0n) is 16.5. The van der Waals surface area contributed by atoms with Gasteiger partial charge in [-0.15, -0.1) is 0 Å². The van der Waals surface area contributed by atoms with Gasteiger partial charge in [0.2, 0.25) is 0 Å². The first-order valence-electron chi connectivity index (χ1n) is 9.49. The summed E-state index contributed by atoms with van der Waals surface area (Å²) in [5, 5.41) is 2.88. The van der Waals surface area contributed by atoms with Gasteiger partial charge in [0.25, 0.3) is 0 Å². The minimum Gasteiger partial charge on any atom is -0.453 e. The van der Waals surface area contributed by atoms with E-state index in [2.05, 4.69) is 36.2 Å². The van der Waals surface area contributed by atoms with Crippen molar-refractivity contribution in [3.63, 3.8) is 0 Å². The molecule has 0 saturated carbocycles. The molecule has 1 aliphatic heterocycles. The van der Waals surface area contributed by atoms with E-state index in [1.807, 2.05) is 55.4 Å². The minimum atomic E-state index is 0.664. The Morgan fingerprint density at radius 3 is 2.62 bits per heavy atom. The van der Waals surface area contributed by atoms with Gasteiger partial charge in [-0.25, -0.2) is 15.0 Å². The summed E-state index contributed by atoms with van der Waals surface area (Å²) in [7, 11) is 4.02. The molecule has 0 radical (unpaired) electrons.